The van der Waals surface area contributed by atoms with Gasteiger partial charge in [0.2, 0.25) is 5.91 Å². The Bertz CT molecular complexity index is 1120. The minimum Gasteiger partial charge on any atom is -0.497 e. The van der Waals surface area contributed by atoms with Crippen LogP contribution in [0.1, 0.15) is 24.4 Å². The van der Waals surface area contributed by atoms with E-state index in [1.165, 1.54) is 0 Å². The van der Waals surface area contributed by atoms with Crippen molar-refractivity contribution in [3.05, 3.63) is 76.9 Å². The van der Waals surface area contributed by atoms with Crippen molar-refractivity contribution in [1.82, 2.24) is 14.5 Å². The number of carbonyl (C=O) groups excluding carboxylic acids is 1. The van der Waals surface area contributed by atoms with Gasteiger partial charge in [-0.15, -0.1) is 0 Å². The first-order chi connectivity index (χ1) is 14.2. The van der Waals surface area contributed by atoms with Crippen LogP contribution in [0, 0.1) is 0 Å². The Morgan fingerprint density at radius 3 is 2.93 bits per heavy atom. The molecule has 0 aliphatic carbocycles. The van der Waals surface area contributed by atoms with Crippen LogP contribution < -0.4 is 10.3 Å². The number of fused-ring (bicyclic) bond motifs is 1. The molecule has 1 saturated heterocycles. The molecule has 29 heavy (non-hydrogen) atoms. The zero-order chi connectivity index (χ0) is 20.2. The summed E-state index contributed by atoms with van der Waals surface area (Å²) in [6.07, 6.45) is 6.68. The van der Waals surface area contributed by atoms with Crippen molar-refractivity contribution in [3.8, 4) is 5.75 Å². The molecule has 1 atom stereocenters. The highest BCUT2D eigenvalue weighted by Gasteiger charge is 2.24. The molecule has 2 heterocycles. The summed E-state index contributed by atoms with van der Waals surface area (Å²) in [6, 6.07) is 14.8. The summed E-state index contributed by atoms with van der Waals surface area (Å²) in [7, 11) is 1.62. The summed E-state index contributed by atoms with van der Waals surface area (Å²) in [5, 5.41) is 0.608. The fraction of sp³-hybridized carbons (Fsp3) is 0.261. The molecule has 1 amide bonds. The lowest BCUT2D eigenvalue weighted by atomic mass is 10.0. The van der Waals surface area contributed by atoms with E-state index in [0.717, 1.165) is 24.2 Å². The predicted molar refractivity (Wildman–Crippen MR) is 113 cm³/mol. The molecule has 1 aliphatic heterocycles. The number of rotatable bonds is 4. The van der Waals surface area contributed by atoms with Gasteiger partial charge in [-0.1, -0.05) is 24.3 Å². The monoisotopic (exact) mass is 389 g/mol. The number of amides is 1. The Morgan fingerprint density at radius 1 is 1.21 bits per heavy atom. The van der Waals surface area contributed by atoms with E-state index in [4.69, 9.17) is 4.74 Å². The van der Waals surface area contributed by atoms with Crippen LogP contribution in [0.3, 0.4) is 0 Å². The molecule has 0 N–H and O–H groups in total. The van der Waals surface area contributed by atoms with Gasteiger partial charge in [-0.3, -0.25) is 14.2 Å². The number of methoxy groups -OCH3 is 1. The zero-order valence-corrected chi connectivity index (χ0v) is 16.3. The van der Waals surface area contributed by atoms with E-state index in [1.807, 2.05) is 42.5 Å². The van der Waals surface area contributed by atoms with Gasteiger partial charge in [-0.05, 0) is 48.7 Å². The van der Waals surface area contributed by atoms with E-state index >= 15 is 0 Å². The first-order valence-corrected chi connectivity index (χ1v) is 9.72. The molecule has 1 fully saturated rings. The minimum absolute atomic E-state index is 0.0539. The highest BCUT2D eigenvalue weighted by atomic mass is 16.5. The lowest BCUT2D eigenvalue weighted by molar-refractivity contribution is -0.127. The Morgan fingerprint density at radius 2 is 2.07 bits per heavy atom. The van der Waals surface area contributed by atoms with E-state index in [2.05, 4.69) is 4.98 Å². The minimum atomic E-state index is -0.0671. The first kappa shape index (κ1) is 18.9. The van der Waals surface area contributed by atoms with Crippen molar-refractivity contribution in [2.75, 3.05) is 20.2 Å². The fourth-order valence-corrected chi connectivity index (χ4v) is 3.74. The van der Waals surface area contributed by atoms with E-state index in [1.54, 1.807) is 41.1 Å². The van der Waals surface area contributed by atoms with Crippen LogP contribution in [0.2, 0.25) is 0 Å². The van der Waals surface area contributed by atoms with Crippen LogP contribution in [0.5, 0.6) is 5.75 Å². The number of carbonyl (C=O) groups is 1. The van der Waals surface area contributed by atoms with Gasteiger partial charge in [0.15, 0.2) is 0 Å². The van der Waals surface area contributed by atoms with Crippen LogP contribution in [-0.4, -0.2) is 40.6 Å². The highest BCUT2D eigenvalue weighted by Crippen LogP contribution is 2.21. The van der Waals surface area contributed by atoms with Gasteiger partial charge in [0.25, 0.3) is 5.56 Å². The molecule has 4 rings (SSSR count). The lowest BCUT2D eigenvalue weighted by Gasteiger charge is -2.33. The second-order valence-electron chi connectivity index (χ2n) is 7.16. The van der Waals surface area contributed by atoms with E-state index in [-0.39, 0.29) is 17.5 Å². The molecule has 1 unspecified atom stereocenters. The second kappa shape index (κ2) is 8.31. The number of nitrogens with zero attached hydrogens (tertiary/aromatic N) is 3. The number of ether oxygens (including phenoxy) is 1. The van der Waals surface area contributed by atoms with Gasteiger partial charge in [0, 0.05) is 19.2 Å². The molecule has 6 heteroatoms. The van der Waals surface area contributed by atoms with Gasteiger partial charge in [-0.25, -0.2) is 4.98 Å². The maximum atomic E-state index is 12.9. The number of para-hydroxylation sites is 1. The number of benzene rings is 2. The Labute approximate surface area is 169 Å². The first-order valence-electron chi connectivity index (χ1n) is 9.72. The molecule has 0 spiro atoms. The maximum absolute atomic E-state index is 12.9. The van der Waals surface area contributed by atoms with Crippen LogP contribution >= 0.6 is 0 Å². The van der Waals surface area contributed by atoms with Crippen molar-refractivity contribution in [3.63, 3.8) is 0 Å². The summed E-state index contributed by atoms with van der Waals surface area (Å²) in [5.41, 5.74) is 1.54. The summed E-state index contributed by atoms with van der Waals surface area (Å²) in [4.78, 5) is 31.8. The third kappa shape index (κ3) is 4.06. The summed E-state index contributed by atoms with van der Waals surface area (Å²) >= 11 is 0. The number of hydrogen-bond donors (Lipinski definition) is 0. The van der Waals surface area contributed by atoms with Crippen molar-refractivity contribution in [2.45, 2.75) is 18.9 Å². The van der Waals surface area contributed by atoms with Crippen LogP contribution in [0.4, 0.5) is 0 Å². The standard InChI is InChI=1S/C23H23N3O3/c1-29-19-8-4-6-17(14-19)11-12-22(27)25-13-5-7-18(15-25)26-16-24-21-10-3-2-9-20(21)23(26)28/h2-4,6,8-12,14,16,18H,5,7,13,15H2,1H3. The summed E-state index contributed by atoms with van der Waals surface area (Å²) in [6.45, 7) is 1.19. The van der Waals surface area contributed by atoms with Gasteiger partial charge < -0.3 is 9.64 Å². The molecular weight excluding hydrogens is 366 g/mol. The molecule has 6 nitrogen and oxygen atoms in total. The third-order valence-corrected chi connectivity index (χ3v) is 5.30. The number of aromatic nitrogens is 2. The van der Waals surface area contributed by atoms with Gasteiger partial charge >= 0.3 is 0 Å². The SMILES string of the molecule is COc1cccc(C=CC(=O)N2CCCC(n3cnc4ccccc4c3=O)C2)c1. The molecule has 2 aromatic carbocycles. The molecular formula is C23H23N3O3. The third-order valence-electron chi connectivity index (χ3n) is 5.30. The van der Waals surface area contributed by atoms with Crippen molar-refractivity contribution >= 4 is 22.9 Å². The quantitative estimate of drug-likeness (QED) is 0.643. The molecule has 1 aromatic heterocycles. The van der Waals surface area contributed by atoms with E-state index in [9.17, 15) is 9.59 Å². The number of hydrogen-bond acceptors (Lipinski definition) is 4. The number of piperidine rings is 1. The van der Waals surface area contributed by atoms with Crippen LogP contribution in [0.15, 0.2) is 65.7 Å². The van der Waals surface area contributed by atoms with Gasteiger partial charge in [0.05, 0.1) is 30.4 Å². The molecule has 0 saturated carbocycles. The predicted octanol–water partition coefficient (Wildman–Crippen LogP) is 3.28. The van der Waals surface area contributed by atoms with Crippen LogP contribution in [-0.2, 0) is 4.79 Å². The van der Waals surface area contributed by atoms with Crippen LogP contribution in [0.25, 0.3) is 17.0 Å². The van der Waals surface area contributed by atoms with Gasteiger partial charge in [0.1, 0.15) is 5.75 Å². The average Bonchev–Trinajstić information content (AvgIpc) is 2.78. The molecule has 0 radical (unpaired) electrons. The second-order valence-corrected chi connectivity index (χ2v) is 7.16. The molecule has 3 aromatic rings. The fourth-order valence-electron chi connectivity index (χ4n) is 3.74. The van der Waals surface area contributed by atoms with E-state index < -0.39 is 0 Å². The largest absolute Gasteiger partial charge is 0.497 e. The Kier molecular flexibility index (Phi) is 5.42. The van der Waals surface area contributed by atoms with Gasteiger partial charge in [-0.2, -0.15) is 0 Å². The zero-order valence-electron chi connectivity index (χ0n) is 16.3. The van der Waals surface area contributed by atoms with Crippen molar-refractivity contribution in [2.24, 2.45) is 0 Å². The normalized spacial score (nSPS) is 17.0. The highest BCUT2D eigenvalue weighted by molar-refractivity contribution is 5.92. The number of likely N-dealkylation sites (tertiary alicyclic amines) is 1. The van der Waals surface area contributed by atoms with Crippen molar-refractivity contribution in [1.29, 1.82) is 0 Å². The Hall–Kier alpha value is -3.41. The van der Waals surface area contributed by atoms with Crippen molar-refractivity contribution < 1.29 is 9.53 Å². The average molecular weight is 389 g/mol. The summed E-state index contributed by atoms with van der Waals surface area (Å²) < 4.78 is 6.89. The topological polar surface area (TPSA) is 64.4 Å². The van der Waals surface area contributed by atoms with E-state index in [0.29, 0.717) is 24.0 Å². The summed E-state index contributed by atoms with van der Waals surface area (Å²) in [5.74, 6) is 0.695. The molecule has 148 valence electrons. The molecule has 0 bridgehead atoms. The Balaban J connectivity index is 1.51. The maximum Gasteiger partial charge on any atom is 0.261 e. The lowest BCUT2D eigenvalue weighted by Crippen LogP contribution is -2.42. The smallest absolute Gasteiger partial charge is 0.261 e. The molecule has 1 aliphatic rings.